The maximum absolute atomic E-state index is 15.4. The number of carbonyl (C=O) groups excluding carboxylic acids is 1. The van der Waals surface area contributed by atoms with Crippen LogP contribution in [-0.4, -0.2) is 71.2 Å². The Kier molecular flexibility index (Phi) is 5.65. The van der Waals surface area contributed by atoms with Crippen LogP contribution in [0.3, 0.4) is 0 Å². The Bertz CT molecular complexity index is 1860. The highest BCUT2D eigenvalue weighted by molar-refractivity contribution is 5.94. The van der Waals surface area contributed by atoms with E-state index in [0.29, 0.717) is 59.7 Å². The van der Waals surface area contributed by atoms with Crippen LogP contribution in [-0.2, 0) is 6.42 Å². The molecule has 1 aliphatic carbocycles. The summed E-state index contributed by atoms with van der Waals surface area (Å²) in [6.07, 6.45) is 4.15. The summed E-state index contributed by atoms with van der Waals surface area (Å²) < 4.78 is 17.0. The van der Waals surface area contributed by atoms with Gasteiger partial charge in [0.15, 0.2) is 5.65 Å². The van der Waals surface area contributed by atoms with Crippen molar-refractivity contribution in [1.29, 1.82) is 0 Å². The standard InChI is InChI=1S/C31H29FN8O2/c1-18-23-5-3-2-4-19(23)10-11-38(18)31(42)27-13-29(28-15-33-40(36-28)20-6-7-20)39-30(34-27)14-26(35-39)24-9-8-21(12-25(24)32)37-16-22(41)17-37/h2-5,8-9,12-15,18,20,22,41H,6-7,10-11,16-17H2,1H3/t18-/m1/s1. The molecule has 0 radical (unpaired) electrons. The second-order valence-corrected chi connectivity index (χ2v) is 11.5. The molecule has 3 aliphatic rings. The molecule has 1 saturated carbocycles. The van der Waals surface area contributed by atoms with Crippen LogP contribution in [0.2, 0.25) is 0 Å². The summed E-state index contributed by atoms with van der Waals surface area (Å²) in [6.45, 7) is 3.61. The van der Waals surface area contributed by atoms with Crippen molar-refractivity contribution in [3.8, 4) is 22.6 Å². The molecule has 42 heavy (non-hydrogen) atoms. The number of benzene rings is 2. The van der Waals surface area contributed by atoms with Gasteiger partial charge in [-0.1, -0.05) is 24.3 Å². The summed E-state index contributed by atoms with van der Waals surface area (Å²) in [5.74, 6) is -0.596. The van der Waals surface area contributed by atoms with E-state index in [9.17, 15) is 9.90 Å². The van der Waals surface area contributed by atoms with Crippen LogP contribution in [0.4, 0.5) is 10.1 Å². The molecule has 5 aromatic rings. The number of aliphatic hydroxyl groups excluding tert-OH is 1. The van der Waals surface area contributed by atoms with E-state index >= 15 is 4.39 Å². The molecule has 5 heterocycles. The van der Waals surface area contributed by atoms with Crippen LogP contribution in [0.1, 0.15) is 53.5 Å². The molecule has 1 N–H and O–H groups in total. The molecule has 1 amide bonds. The predicted octanol–water partition coefficient (Wildman–Crippen LogP) is 4.07. The van der Waals surface area contributed by atoms with Crippen LogP contribution >= 0.6 is 0 Å². The zero-order valence-electron chi connectivity index (χ0n) is 23.1. The molecule has 11 heteroatoms. The van der Waals surface area contributed by atoms with Gasteiger partial charge in [0.2, 0.25) is 0 Å². The lowest BCUT2D eigenvalue weighted by Crippen LogP contribution is -2.50. The second kappa shape index (κ2) is 9.45. The third-order valence-electron chi connectivity index (χ3n) is 8.60. The first-order valence-corrected chi connectivity index (χ1v) is 14.4. The lowest BCUT2D eigenvalue weighted by Gasteiger charge is -2.37. The predicted molar refractivity (Wildman–Crippen MR) is 153 cm³/mol. The Morgan fingerprint density at radius 2 is 1.86 bits per heavy atom. The van der Waals surface area contributed by atoms with E-state index in [0.717, 1.165) is 24.8 Å². The SMILES string of the molecule is C[C@@H]1c2ccccc2CCN1C(=O)c1cc(-c2cnn(C3CC3)n2)n2nc(-c3ccc(N4CC(O)C4)cc3F)cc2n1. The van der Waals surface area contributed by atoms with Crippen LogP contribution in [0.15, 0.2) is 60.8 Å². The summed E-state index contributed by atoms with van der Waals surface area (Å²) in [6, 6.07) is 16.8. The highest BCUT2D eigenvalue weighted by atomic mass is 19.1. The number of fused-ring (bicyclic) bond motifs is 2. The van der Waals surface area contributed by atoms with Gasteiger partial charge in [0.05, 0.1) is 35.8 Å². The van der Waals surface area contributed by atoms with E-state index in [4.69, 9.17) is 15.2 Å². The number of rotatable bonds is 5. The fourth-order valence-electron chi connectivity index (χ4n) is 6.04. The van der Waals surface area contributed by atoms with Crippen LogP contribution in [0.5, 0.6) is 0 Å². The zero-order valence-corrected chi connectivity index (χ0v) is 23.1. The van der Waals surface area contributed by atoms with Gasteiger partial charge in [-0.3, -0.25) is 4.79 Å². The summed E-state index contributed by atoms with van der Waals surface area (Å²) in [5.41, 5.74) is 5.68. The minimum atomic E-state index is -0.421. The first kappa shape index (κ1) is 25.1. The Labute approximate surface area is 241 Å². The van der Waals surface area contributed by atoms with Gasteiger partial charge in [0.1, 0.15) is 17.2 Å². The van der Waals surface area contributed by atoms with Crippen LogP contribution < -0.4 is 4.90 Å². The lowest BCUT2D eigenvalue weighted by molar-refractivity contribution is 0.0671. The monoisotopic (exact) mass is 564 g/mol. The molecule has 212 valence electrons. The van der Waals surface area contributed by atoms with Gasteiger partial charge in [-0.2, -0.15) is 20.1 Å². The molecule has 0 unspecified atom stereocenters. The summed E-state index contributed by atoms with van der Waals surface area (Å²) in [4.78, 5) is 24.2. The van der Waals surface area contributed by atoms with E-state index < -0.39 is 5.82 Å². The third-order valence-corrected chi connectivity index (χ3v) is 8.60. The number of anilines is 1. The molecule has 0 spiro atoms. The minimum absolute atomic E-state index is 0.0970. The van der Waals surface area contributed by atoms with E-state index in [1.165, 1.54) is 11.6 Å². The summed E-state index contributed by atoms with van der Waals surface area (Å²) in [5, 5.41) is 23.5. The number of carbonyl (C=O) groups is 1. The van der Waals surface area contributed by atoms with Crippen LogP contribution in [0, 0.1) is 5.82 Å². The van der Waals surface area contributed by atoms with Crippen molar-refractivity contribution in [1.82, 2.24) is 34.5 Å². The van der Waals surface area contributed by atoms with Gasteiger partial charge >= 0.3 is 0 Å². The molecule has 0 bridgehead atoms. The number of amides is 1. The van der Waals surface area contributed by atoms with Crippen molar-refractivity contribution in [3.63, 3.8) is 0 Å². The van der Waals surface area contributed by atoms with Gasteiger partial charge < -0.3 is 14.9 Å². The van der Waals surface area contributed by atoms with Crippen molar-refractivity contribution in [3.05, 3.63) is 83.4 Å². The number of nitrogens with zero attached hydrogens (tertiary/aromatic N) is 8. The van der Waals surface area contributed by atoms with Crippen molar-refractivity contribution in [2.45, 2.75) is 44.4 Å². The number of hydrogen-bond donors (Lipinski definition) is 1. The largest absolute Gasteiger partial charge is 0.389 e. The molecular formula is C31H29FN8O2. The van der Waals surface area contributed by atoms with Gasteiger partial charge in [-0.05, 0) is 61.6 Å². The normalized spacial score (nSPS) is 18.8. The van der Waals surface area contributed by atoms with Gasteiger partial charge in [-0.15, -0.1) is 0 Å². The quantitative estimate of drug-likeness (QED) is 0.343. The van der Waals surface area contributed by atoms with E-state index in [2.05, 4.69) is 17.2 Å². The van der Waals surface area contributed by atoms with E-state index in [1.54, 1.807) is 33.7 Å². The molecule has 2 fully saturated rings. The first-order valence-electron chi connectivity index (χ1n) is 14.4. The molecule has 2 aliphatic heterocycles. The molecule has 2 aromatic carbocycles. The van der Waals surface area contributed by atoms with Gasteiger partial charge in [0.25, 0.3) is 5.91 Å². The van der Waals surface area contributed by atoms with Crippen molar-refractivity contribution in [2.24, 2.45) is 0 Å². The highest BCUT2D eigenvalue weighted by Crippen LogP contribution is 2.35. The fraction of sp³-hybridized carbons (Fsp3) is 0.323. The van der Waals surface area contributed by atoms with Gasteiger partial charge in [-0.25, -0.2) is 13.9 Å². The number of halogens is 1. The average molecular weight is 565 g/mol. The highest BCUT2D eigenvalue weighted by Gasteiger charge is 2.31. The van der Waals surface area contributed by atoms with Crippen molar-refractivity contribution >= 4 is 17.2 Å². The molecule has 8 rings (SSSR count). The van der Waals surface area contributed by atoms with E-state index in [-0.39, 0.29) is 23.7 Å². The Hall–Kier alpha value is -4.64. The molecule has 1 saturated heterocycles. The van der Waals surface area contributed by atoms with E-state index in [1.807, 2.05) is 34.9 Å². The number of β-amino-alcohol motifs (C(OH)–C–C–N with tert-alkyl or cyclic N) is 1. The Morgan fingerprint density at radius 1 is 1.02 bits per heavy atom. The summed E-state index contributed by atoms with van der Waals surface area (Å²) >= 11 is 0. The zero-order chi connectivity index (χ0) is 28.5. The number of hydrogen-bond acceptors (Lipinski definition) is 7. The lowest BCUT2D eigenvalue weighted by atomic mass is 9.93. The number of aliphatic hydroxyl groups is 1. The molecular weight excluding hydrogens is 535 g/mol. The molecule has 10 nitrogen and oxygen atoms in total. The fourth-order valence-corrected chi connectivity index (χ4v) is 6.04. The number of aromatic nitrogens is 6. The third kappa shape index (κ3) is 4.14. The Balaban J connectivity index is 1.20. The van der Waals surface area contributed by atoms with Crippen molar-refractivity contribution < 1.29 is 14.3 Å². The van der Waals surface area contributed by atoms with Crippen molar-refractivity contribution in [2.75, 3.05) is 24.5 Å². The van der Waals surface area contributed by atoms with Gasteiger partial charge in [0, 0.05) is 37.0 Å². The van der Waals surface area contributed by atoms with Crippen LogP contribution in [0.25, 0.3) is 28.3 Å². The minimum Gasteiger partial charge on any atom is -0.389 e. The first-order chi connectivity index (χ1) is 20.4. The topological polar surface area (TPSA) is 105 Å². The molecule has 3 aromatic heterocycles. The maximum atomic E-state index is 15.4. The smallest absolute Gasteiger partial charge is 0.273 e. The Morgan fingerprint density at radius 3 is 2.64 bits per heavy atom. The summed E-state index contributed by atoms with van der Waals surface area (Å²) in [7, 11) is 0. The molecule has 1 atom stereocenters. The second-order valence-electron chi connectivity index (χ2n) is 11.5. The maximum Gasteiger partial charge on any atom is 0.273 e. The average Bonchev–Trinajstić information content (AvgIpc) is 3.55.